The Hall–Kier alpha value is -3.74. The summed E-state index contributed by atoms with van der Waals surface area (Å²) in [5.41, 5.74) is 6.67. The lowest BCUT2D eigenvalue weighted by atomic mass is 9.88. The minimum atomic E-state index is -1.22. The van der Waals surface area contributed by atoms with Crippen LogP contribution in [0.1, 0.15) is 28.2 Å². The number of aromatic nitrogens is 1. The first-order valence-electron chi connectivity index (χ1n) is 9.55. The summed E-state index contributed by atoms with van der Waals surface area (Å²) in [7, 11) is 1.34. The van der Waals surface area contributed by atoms with Crippen molar-refractivity contribution in [3.63, 3.8) is 0 Å². The molecule has 0 saturated heterocycles. The summed E-state index contributed by atoms with van der Waals surface area (Å²) in [4.78, 5) is 34.4. The predicted octanol–water partition coefficient (Wildman–Crippen LogP) is 2.81. The number of benzene rings is 2. The molecule has 0 fully saturated rings. The molecule has 7 nitrogen and oxygen atoms in total. The van der Waals surface area contributed by atoms with E-state index in [0.717, 1.165) is 16.3 Å². The van der Waals surface area contributed by atoms with Gasteiger partial charge in [-0.2, -0.15) is 0 Å². The highest BCUT2D eigenvalue weighted by atomic mass is 16.7. The van der Waals surface area contributed by atoms with Gasteiger partial charge in [-0.25, -0.2) is 9.78 Å². The molecule has 152 valence electrons. The fourth-order valence-electron chi connectivity index (χ4n) is 3.75. The molecule has 7 heteroatoms. The number of carbonyl (C=O) groups is 2. The molecule has 2 heterocycles. The first-order valence-corrected chi connectivity index (χ1v) is 9.55. The number of ether oxygens (including phenoxy) is 1. The van der Waals surface area contributed by atoms with E-state index in [-0.39, 0.29) is 12.1 Å². The fraction of sp³-hybridized carbons (Fsp3) is 0.217. The zero-order chi connectivity index (χ0) is 21.1. The average Bonchev–Trinajstić information content (AvgIpc) is 3.17. The quantitative estimate of drug-likeness (QED) is 0.638. The van der Waals surface area contributed by atoms with Gasteiger partial charge in [0.2, 0.25) is 5.60 Å². The van der Waals surface area contributed by atoms with Crippen LogP contribution < -0.4 is 5.73 Å². The topological polar surface area (TPSA) is 104 Å². The van der Waals surface area contributed by atoms with Crippen LogP contribution >= 0.6 is 0 Å². The summed E-state index contributed by atoms with van der Waals surface area (Å²) < 4.78 is 5.01. The third-order valence-corrected chi connectivity index (χ3v) is 5.17. The van der Waals surface area contributed by atoms with Crippen molar-refractivity contribution in [3.05, 3.63) is 77.6 Å². The number of pyridine rings is 1. The van der Waals surface area contributed by atoms with Gasteiger partial charge in [-0.1, -0.05) is 59.8 Å². The van der Waals surface area contributed by atoms with Gasteiger partial charge in [0.1, 0.15) is 5.69 Å². The molecule has 1 amide bonds. The molecule has 0 aliphatic carbocycles. The van der Waals surface area contributed by atoms with E-state index < -0.39 is 17.5 Å². The fourth-order valence-corrected chi connectivity index (χ4v) is 3.75. The molecule has 2 N–H and O–H groups in total. The second kappa shape index (κ2) is 7.94. The summed E-state index contributed by atoms with van der Waals surface area (Å²) in [6.45, 7) is 0. The number of rotatable bonds is 6. The van der Waals surface area contributed by atoms with Crippen molar-refractivity contribution in [2.45, 2.75) is 24.9 Å². The van der Waals surface area contributed by atoms with Crippen molar-refractivity contribution in [2.24, 2.45) is 10.9 Å². The average molecular weight is 403 g/mol. The molecule has 0 bridgehead atoms. The third-order valence-electron chi connectivity index (χ3n) is 5.17. The van der Waals surface area contributed by atoms with Crippen molar-refractivity contribution in [1.82, 2.24) is 4.98 Å². The normalized spacial score (nSPS) is 18.0. The van der Waals surface area contributed by atoms with Gasteiger partial charge in [0, 0.05) is 24.6 Å². The number of fused-ring (bicyclic) bond motifs is 1. The zero-order valence-electron chi connectivity index (χ0n) is 16.5. The van der Waals surface area contributed by atoms with Gasteiger partial charge in [-0.15, -0.1) is 0 Å². The van der Waals surface area contributed by atoms with E-state index in [1.54, 1.807) is 6.07 Å². The Morgan fingerprint density at radius 3 is 2.60 bits per heavy atom. The number of amides is 1. The van der Waals surface area contributed by atoms with E-state index in [0.29, 0.717) is 24.2 Å². The van der Waals surface area contributed by atoms with Crippen LogP contribution in [0.3, 0.4) is 0 Å². The lowest BCUT2D eigenvalue weighted by Gasteiger charge is -2.23. The highest BCUT2D eigenvalue weighted by Crippen LogP contribution is 2.31. The van der Waals surface area contributed by atoms with Gasteiger partial charge in [-0.05, 0) is 17.0 Å². The molecule has 1 aliphatic rings. The number of hydrogen-bond donors (Lipinski definition) is 1. The molecule has 1 unspecified atom stereocenters. The van der Waals surface area contributed by atoms with Crippen molar-refractivity contribution >= 4 is 28.4 Å². The maximum absolute atomic E-state index is 12.6. The lowest BCUT2D eigenvalue weighted by molar-refractivity contribution is -0.166. The van der Waals surface area contributed by atoms with Crippen molar-refractivity contribution < 1.29 is 19.2 Å². The smallest absolute Gasteiger partial charge is 0.353 e. The number of oxime groups is 1. The molecule has 0 spiro atoms. The Labute approximate surface area is 173 Å². The Balaban J connectivity index is 1.64. The molecule has 0 saturated carbocycles. The first kappa shape index (κ1) is 19.6. The number of nitrogens with two attached hydrogens (primary N) is 1. The highest BCUT2D eigenvalue weighted by Gasteiger charge is 2.47. The second-order valence-corrected chi connectivity index (χ2v) is 7.29. The van der Waals surface area contributed by atoms with E-state index in [1.165, 1.54) is 7.11 Å². The van der Waals surface area contributed by atoms with Gasteiger partial charge < -0.3 is 15.3 Å². The largest absolute Gasteiger partial charge is 0.466 e. The number of nitrogens with zero attached hydrogens (tertiary/aromatic N) is 2. The van der Waals surface area contributed by atoms with Crippen LogP contribution in [0.4, 0.5) is 0 Å². The number of esters is 1. The maximum atomic E-state index is 12.6. The van der Waals surface area contributed by atoms with Crippen molar-refractivity contribution in [2.75, 3.05) is 7.11 Å². The molecule has 30 heavy (non-hydrogen) atoms. The Morgan fingerprint density at radius 1 is 1.13 bits per heavy atom. The summed E-state index contributed by atoms with van der Waals surface area (Å²) >= 11 is 0. The van der Waals surface area contributed by atoms with E-state index in [2.05, 4.69) is 10.1 Å². The van der Waals surface area contributed by atoms with Gasteiger partial charge in [0.15, 0.2) is 0 Å². The van der Waals surface area contributed by atoms with Crippen LogP contribution in [0.15, 0.2) is 65.8 Å². The summed E-state index contributed by atoms with van der Waals surface area (Å²) in [6.07, 6.45) is 0.934. The molecule has 1 aromatic heterocycles. The molecule has 0 radical (unpaired) electrons. The molecule has 3 aromatic rings. The third kappa shape index (κ3) is 3.74. The van der Waals surface area contributed by atoms with E-state index in [4.69, 9.17) is 15.3 Å². The standard InChI is InChI=1S/C23H21N3O4/c1-29-22(28)23(13-15-7-3-2-4-8-15)14-17(26-30-23)12-19-18-10-6-5-9-16(18)11-20(25-19)21(24)27/h2-11H,12-14H2,1H3,(H2,24,27). The Morgan fingerprint density at radius 2 is 1.87 bits per heavy atom. The van der Waals surface area contributed by atoms with Crippen molar-refractivity contribution in [3.8, 4) is 0 Å². The molecule has 4 rings (SSSR count). The number of hydrogen-bond acceptors (Lipinski definition) is 6. The number of primary amides is 1. The van der Waals surface area contributed by atoms with Gasteiger partial charge in [0.25, 0.3) is 5.91 Å². The first-order chi connectivity index (χ1) is 14.5. The van der Waals surface area contributed by atoms with Crippen LogP contribution in [-0.4, -0.2) is 35.3 Å². The summed E-state index contributed by atoms with van der Waals surface area (Å²) in [5.74, 6) is -1.08. The van der Waals surface area contributed by atoms with E-state index in [1.807, 2.05) is 54.6 Å². The SMILES string of the molecule is COC(=O)C1(Cc2ccccc2)CC(Cc2nc(C(N)=O)cc3ccccc23)=NO1. The number of methoxy groups -OCH3 is 1. The Kier molecular flexibility index (Phi) is 5.18. The van der Waals surface area contributed by atoms with Crippen LogP contribution in [0.2, 0.25) is 0 Å². The monoisotopic (exact) mass is 403 g/mol. The summed E-state index contributed by atoms with van der Waals surface area (Å²) in [6, 6.07) is 18.9. The maximum Gasteiger partial charge on any atom is 0.353 e. The lowest BCUT2D eigenvalue weighted by Crippen LogP contribution is -2.42. The van der Waals surface area contributed by atoms with Crippen LogP contribution in [0, 0.1) is 0 Å². The predicted molar refractivity (Wildman–Crippen MR) is 112 cm³/mol. The van der Waals surface area contributed by atoms with E-state index >= 15 is 0 Å². The van der Waals surface area contributed by atoms with Crippen LogP contribution in [-0.2, 0) is 27.2 Å². The number of carbonyl (C=O) groups excluding carboxylic acids is 2. The van der Waals surface area contributed by atoms with E-state index in [9.17, 15) is 9.59 Å². The van der Waals surface area contributed by atoms with Crippen molar-refractivity contribution in [1.29, 1.82) is 0 Å². The Bertz CT molecular complexity index is 1140. The molecule has 1 aliphatic heterocycles. The second-order valence-electron chi connectivity index (χ2n) is 7.29. The van der Waals surface area contributed by atoms with Crippen LogP contribution in [0.25, 0.3) is 10.8 Å². The minimum Gasteiger partial charge on any atom is -0.466 e. The highest BCUT2D eigenvalue weighted by molar-refractivity contribution is 5.99. The molecule has 1 atom stereocenters. The zero-order valence-corrected chi connectivity index (χ0v) is 16.5. The van der Waals surface area contributed by atoms with Gasteiger partial charge in [0.05, 0.1) is 18.5 Å². The minimum absolute atomic E-state index is 0.187. The molecular weight excluding hydrogens is 382 g/mol. The molecular formula is C23H21N3O4. The summed E-state index contributed by atoms with van der Waals surface area (Å²) in [5, 5.41) is 5.94. The van der Waals surface area contributed by atoms with Gasteiger partial charge >= 0.3 is 5.97 Å². The van der Waals surface area contributed by atoms with Crippen LogP contribution in [0.5, 0.6) is 0 Å². The molecule has 2 aromatic carbocycles. The van der Waals surface area contributed by atoms with Gasteiger partial charge in [-0.3, -0.25) is 4.79 Å².